The number of para-hydroxylation sites is 1. The van der Waals surface area contributed by atoms with Gasteiger partial charge in [0.15, 0.2) is 6.61 Å². The Labute approximate surface area is 154 Å². The molecular formula is C19H17N3O5. The minimum atomic E-state index is -0.745. The van der Waals surface area contributed by atoms with Gasteiger partial charge in [-0.2, -0.15) is 0 Å². The van der Waals surface area contributed by atoms with Crippen molar-refractivity contribution in [3.05, 3.63) is 60.3 Å². The maximum atomic E-state index is 12.0. The molecule has 0 atom stereocenters. The number of nitrogens with one attached hydrogen (secondary N) is 3. The molecule has 8 nitrogen and oxygen atoms in total. The fourth-order valence-corrected chi connectivity index (χ4v) is 2.39. The number of hydrogen-bond acceptors (Lipinski definition) is 5. The van der Waals surface area contributed by atoms with Gasteiger partial charge >= 0.3 is 12.0 Å². The van der Waals surface area contributed by atoms with Crippen LogP contribution in [0.3, 0.4) is 0 Å². The van der Waals surface area contributed by atoms with Crippen LogP contribution in [0, 0.1) is 0 Å². The first kappa shape index (κ1) is 18.0. The number of aromatic amines is 1. The summed E-state index contributed by atoms with van der Waals surface area (Å²) in [6, 6.07) is 14.8. The summed E-state index contributed by atoms with van der Waals surface area (Å²) in [6.45, 7) is -0.579. The number of anilines is 1. The van der Waals surface area contributed by atoms with Crippen molar-refractivity contribution in [3.63, 3.8) is 0 Å². The Morgan fingerprint density at radius 2 is 1.78 bits per heavy atom. The van der Waals surface area contributed by atoms with Crippen LogP contribution in [-0.4, -0.2) is 36.6 Å². The number of H-pyrrole nitrogens is 1. The minimum Gasteiger partial charge on any atom is -0.497 e. The zero-order chi connectivity index (χ0) is 19.2. The second kappa shape index (κ2) is 8.05. The largest absolute Gasteiger partial charge is 0.497 e. The molecule has 1 aromatic heterocycles. The first-order chi connectivity index (χ1) is 13.0. The van der Waals surface area contributed by atoms with Crippen LogP contribution in [0.1, 0.15) is 10.5 Å². The summed E-state index contributed by atoms with van der Waals surface area (Å²) in [6.07, 6.45) is 0. The van der Waals surface area contributed by atoms with Crippen LogP contribution in [0.25, 0.3) is 10.9 Å². The number of aromatic nitrogens is 1. The number of amides is 3. The third kappa shape index (κ3) is 4.63. The Bertz CT molecular complexity index is 945. The van der Waals surface area contributed by atoms with Crippen molar-refractivity contribution in [1.82, 2.24) is 10.3 Å². The maximum absolute atomic E-state index is 12.0. The molecule has 0 radical (unpaired) electrons. The lowest BCUT2D eigenvalue weighted by atomic mass is 10.2. The molecule has 0 bridgehead atoms. The number of esters is 1. The number of carbonyl (C=O) groups is 3. The van der Waals surface area contributed by atoms with Gasteiger partial charge < -0.3 is 19.8 Å². The highest BCUT2D eigenvalue weighted by Gasteiger charge is 2.14. The molecular weight excluding hydrogens is 350 g/mol. The summed E-state index contributed by atoms with van der Waals surface area (Å²) in [7, 11) is 1.53. The Balaban J connectivity index is 1.48. The molecule has 2 aromatic carbocycles. The van der Waals surface area contributed by atoms with Gasteiger partial charge in [0.05, 0.1) is 7.11 Å². The van der Waals surface area contributed by atoms with E-state index in [1.165, 1.54) is 7.11 Å². The van der Waals surface area contributed by atoms with Gasteiger partial charge in [0.1, 0.15) is 11.4 Å². The molecule has 27 heavy (non-hydrogen) atoms. The van der Waals surface area contributed by atoms with Crippen LogP contribution in [0.4, 0.5) is 10.5 Å². The third-order valence-electron chi connectivity index (χ3n) is 3.69. The molecule has 0 aliphatic heterocycles. The van der Waals surface area contributed by atoms with E-state index in [-0.39, 0.29) is 5.69 Å². The van der Waals surface area contributed by atoms with Gasteiger partial charge in [-0.15, -0.1) is 0 Å². The maximum Gasteiger partial charge on any atom is 0.355 e. The standard InChI is InChI=1S/C19H17N3O5/c1-26-14-8-6-13(7-9-14)20-19(25)22-17(23)11-27-18(24)16-10-12-4-2-3-5-15(12)21-16/h2-10,21H,11H2,1H3,(H2,20,22,23,25). The van der Waals surface area contributed by atoms with Crippen molar-refractivity contribution in [3.8, 4) is 5.75 Å². The molecule has 1 heterocycles. The fraction of sp³-hybridized carbons (Fsp3) is 0.105. The number of imide groups is 1. The molecule has 3 N–H and O–H groups in total. The molecule has 3 aromatic rings. The molecule has 0 saturated heterocycles. The van der Waals surface area contributed by atoms with Gasteiger partial charge in [0, 0.05) is 16.6 Å². The van der Waals surface area contributed by atoms with Gasteiger partial charge in [0.25, 0.3) is 5.91 Å². The van der Waals surface area contributed by atoms with Crippen molar-refractivity contribution < 1.29 is 23.9 Å². The zero-order valence-electron chi connectivity index (χ0n) is 14.4. The highest BCUT2D eigenvalue weighted by atomic mass is 16.5. The van der Waals surface area contributed by atoms with E-state index < -0.39 is 24.5 Å². The van der Waals surface area contributed by atoms with Gasteiger partial charge in [-0.25, -0.2) is 9.59 Å². The first-order valence-electron chi connectivity index (χ1n) is 8.05. The predicted molar refractivity (Wildman–Crippen MR) is 98.7 cm³/mol. The van der Waals surface area contributed by atoms with Crippen molar-refractivity contribution in [1.29, 1.82) is 0 Å². The van der Waals surface area contributed by atoms with E-state index in [4.69, 9.17) is 9.47 Å². The number of carbonyl (C=O) groups excluding carboxylic acids is 3. The van der Waals surface area contributed by atoms with Crippen molar-refractivity contribution in [2.24, 2.45) is 0 Å². The van der Waals surface area contributed by atoms with Crippen LogP contribution in [0.15, 0.2) is 54.6 Å². The summed E-state index contributed by atoms with van der Waals surface area (Å²) in [5.41, 5.74) is 1.50. The average Bonchev–Trinajstić information content (AvgIpc) is 3.11. The predicted octanol–water partition coefficient (Wildman–Crippen LogP) is 2.68. The van der Waals surface area contributed by atoms with Crippen molar-refractivity contribution >= 4 is 34.5 Å². The van der Waals surface area contributed by atoms with Gasteiger partial charge in [-0.3, -0.25) is 10.1 Å². The van der Waals surface area contributed by atoms with E-state index in [1.807, 2.05) is 24.3 Å². The molecule has 3 amide bonds. The number of benzene rings is 2. The number of urea groups is 1. The molecule has 3 rings (SSSR count). The second-order valence-electron chi connectivity index (χ2n) is 5.58. The molecule has 0 saturated carbocycles. The molecule has 138 valence electrons. The highest BCUT2D eigenvalue weighted by molar-refractivity contribution is 6.02. The highest BCUT2D eigenvalue weighted by Crippen LogP contribution is 2.16. The molecule has 0 aliphatic rings. The lowest BCUT2D eigenvalue weighted by molar-refractivity contribution is -0.123. The smallest absolute Gasteiger partial charge is 0.355 e. The van der Waals surface area contributed by atoms with Gasteiger partial charge in [-0.05, 0) is 36.4 Å². The van der Waals surface area contributed by atoms with Crippen LogP contribution in [-0.2, 0) is 9.53 Å². The molecule has 0 aliphatic carbocycles. The normalized spacial score (nSPS) is 10.3. The Morgan fingerprint density at radius 1 is 1.04 bits per heavy atom. The topological polar surface area (TPSA) is 110 Å². The number of rotatable bonds is 5. The van der Waals surface area contributed by atoms with Gasteiger partial charge in [0.2, 0.25) is 0 Å². The quantitative estimate of drug-likeness (QED) is 0.601. The SMILES string of the molecule is COc1ccc(NC(=O)NC(=O)COC(=O)c2cc3ccccc3[nH]2)cc1. The average molecular weight is 367 g/mol. The fourth-order valence-electron chi connectivity index (χ4n) is 2.39. The minimum absolute atomic E-state index is 0.228. The summed E-state index contributed by atoms with van der Waals surface area (Å²) < 4.78 is 9.94. The third-order valence-corrected chi connectivity index (χ3v) is 3.69. The number of hydrogen-bond donors (Lipinski definition) is 3. The number of ether oxygens (including phenoxy) is 2. The number of fused-ring (bicyclic) bond motifs is 1. The Hall–Kier alpha value is -3.81. The first-order valence-corrected chi connectivity index (χ1v) is 8.05. The molecule has 0 unspecified atom stereocenters. The van der Waals surface area contributed by atoms with E-state index in [1.54, 1.807) is 30.3 Å². The van der Waals surface area contributed by atoms with Crippen LogP contribution >= 0.6 is 0 Å². The summed E-state index contributed by atoms with van der Waals surface area (Å²) in [5, 5.41) is 5.43. The molecule has 8 heteroatoms. The summed E-state index contributed by atoms with van der Waals surface area (Å²) >= 11 is 0. The lowest BCUT2D eigenvalue weighted by Gasteiger charge is -2.07. The zero-order valence-corrected chi connectivity index (χ0v) is 14.4. The van der Waals surface area contributed by atoms with Crippen molar-refractivity contribution in [2.75, 3.05) is 19.0 Å². The van der Waals surface area contributed by atoms with E-state index in [0.717, 1.165) is 10.9 Å². The van der Waals surface area contributed by atoms with Crippen molar-refractivity contribution in [2.45, 2.75) is 0 Å². The second-order valence-corrected chi connectivity index (χ2v) is 5.58. The van der Waals surface area contributed by atoms with E-state index in [0.29, 0.717) is 11.4 Å². The summed E-state index contributed by atoms with van der Waals surface area (Å²) in [5.74, 6) is -0.789. The van der Waals surface area contributed by atoms with Crippen LogP contribution in [0.2, 0.25) is 0 Å². The Kier molecular flexibility index (Phi) is 5.36. The van der Waals surface area contributed by atoms with Crippen LogP contribution < -0.4 is 15.4 Å². The van der Waals surface area contributed by atoms with Crippen LogP contribution in [0.5, 0.6) is 5.75 Å². The summed E-state index contributed by atoms with van der Waals surface area (Å²) in [4.78, 5) is 38.5. The lowest BCUT2D eigenvalue weighted by Crippen LogP contribution is -2.37. The Morgan fingerprint density at radius 3 is 2.48 bits per heavy atom. The van der Waals surface area contributed by atoms with E-state index in [9.17, 15) is 14.4 Å². The number of methoxy groups -OCH3 is 1. The molecule has 0 fully saturated rings. The molecule has 0 spiro atoms. The van der Waals surface area contributed by atoms with E-state index in [2.05, 4.69) is 15.6 Å². The van der Waals surface area contributed by atoms with Gasteiger partial charge in [-0.1, -0.05) is 18.2 Å². The monoisotopic (exact) mass is 367 g/mol. The van der Waals surface area contributed by atoms with E-state index >= 15 is 0 Å².